The van der Waals surface area contributed by atoms with Crippen LogP contribution in [0.5, 0.6) is 0 Å². The van der Waals surface area contributed by atoms with Crippen molar-refractivity contribution < 1.29 is 0 Å². The Hall–Kier alpha value is -1.82. The maximum atomic E-state index is 11.6. The van der Waals surface area contributed by atoms with Gasteiger partial charge < -0.3 is 0 Å². The Morgan fingerprint density at radius 1 is 1.04 bits per heavy atom. The summed E-state index contributed by atoms with van der Waals surface area (Å²) in [7, 11) is -0.445. The molecule has 0 aliphatic heterocycles. The second kappa shape index (κ2) is 7.17. The van der Waals surface area contributed by atoms with Gasteiger partial charge in [0.05, 0.1) is 15.7 Å². The van der Waals surface area contributed by atoms with Crippen molar-refractivity contribution in [3.63, 3.8) is 0 Å². The fourth-order valence-corrected chi connectivity index (χ4v) is 3.94. The van der Waals surface area contributed by atoms with Gasteiger partial charge in [0.15, 0.2) is 5.75 Å². The molecule has 0 fully saturated rings. The van der Waals surface area contributed by atoms with E-state index in [1.807, 2.05) is 18.2 Å². The van der Waals surface area contributed by atoms with Crippen LogP contribution in [0.15, 0.2) is 58.3 Å². The molecule has 0 aliphatic rings. The van der Waals surface area contributed by atoms with Crippen LogP contribution in [0.25, 0.3) is 0 Å². The van der Waals surface area contributed by atoms with Gasteiger partial charge in [0.1, 0.15) is 10.7 Å². The first kappa shape index (κ1) is 16.1. The van der Waals surface area contributed by atoms with Gasteiger partial charge in [-0.1, -0.05) is 53.5 Å². The summed E-state index contributed by atoms with van der Waals surface area (Å²) in [6.45, 7) is 0. The summed E-state index contributed by atoms with van der Waals surface area (Å²) < 4.78 is 2.91. The molecule has 1 aromatic heterocycles. The second-order valence-corrected chi connectivity index (χ2v) is 7.50. The maximum Gasteiger partial charge on any atom is 0.370 e. The van der Waals surface area contributed by atoms with Gasteiger partial charge in [0.2, 0.25) is 0 Å². The first-order chi connectivity index (χ1) is 11.1. The van der Waals surface area contributed by atoms with Crippen LogP contribution in [0.3, 0.4) is 0 Å². The zero-order valence-electron chi connectivity index (χ0n) is 12.1. The van der Waals surface area contributed by atoms with Gasteiger partial charge in [-0.05, 0) is 23.8 Å². The van der Waals surface area contributed by atoms with E-state index in [0.717, 1.165) is 12.2 Å². The van der Waals surface area contributed by atoms with E-state index in [1.54, 1.807) is 18.2 Å². The van der Waals surface area contributed by atoms with Crippen molar-refractivity contribution in [1.82, 2.24) is 9.36 Å². The van der Waals surface area contributed by atoms with Gasteiger partial charge in [-0.3, -0.25) is 0 Å². The summed E-state index contributed by atoms with van der Waals surface area (Å²) in [6.07, 6.45) is 0.867. The minimum absolute atomic E-state index is 0.222. The molecule has 23 heavy (non-hydrogen) atoms. The third kappa shape index (κ3) is 4.13. The first-order valence-corrected chi connectivity index (χ1v) is 9.13. The van der Waals surface area contributed by atoms with Crippen molar-refractivity contribution in [2.24, 2.45) is 4.99 Å². The molecule has 0 spiro atoms. The Balaban J connectivity index is 1.89. The molecule has 2 aromatic carbocycles. The van der Waals surface area contributed by atoms with E-state index in [-0.39, 0.29) is 5.69 Å². The predicted octanol–water partition coefficient (Wildman–Crippen LogP) is 4.23. The Labute approximate surface area is 145 Å². The lowest BCUT2D eigenvalue weighted by Crippen LogP contribution is -2.08. The van der Waals surface area contributed by atoms with Crippen molar-refractivity contribution in [2.75, 3.05) is 0 Å². The molecule has 1 unspecified atom stereocenters. The van der Waals surface area contributed by atoms with E-state index in [1.165, 1.54) is 5.56 Å². The number of rotatable bonds is 4. The van der Waals surface area contributed by atoms with E-state index in [0.29, 0.717) is 20.5 Å². The van der Waals surface area contributed by atoms with E-state index in [2.05, 4.69) is 26.5 Å². The molecule has 1 atom stereocenters. The van der Waals surface area contributed by atoms with Crippen molar-refractivity contribution in [1.29, 1.82) is 0 Å². The number of aryl methyl sites for hydroxylation is 2. The number of benzene rings is 2. The molecule has 4 nitrogen and oxygen atoms in total. The summed E-state index contributed by atoms with van der Waals surface area (Å²) >= 11 is 11.9. The van der Waals surface area contributed by atoms with Crippen LogP contribution in [0.2, 0.25) is 10.0 Å². The van der Waals surface area contributed by atoms with Crippen LogP contribution in [0.4, 0.5) is 5.69 Å². The molecule has 7 heteroatoms. The standard InChI is InChI=1S/C16H13Cl2N3OS/c17-13-7-6-12(10-14(13)18)19-16-20-15(22)21-23(16)9-8-11-4-2-1-3-5-11/h1-7,10H,8-9H2,(H-,19,20,21,22)/p+1. The van der Waals surface area contributed by atoms with Gasteiger partial charge in [-0.25, -0.2) is 9.78 Å². The highest BCUT2D eigenvalue weighted by molar-refractivity contribution is 7.23. The Morgan fingerprint density at radius 3 is 2.57 bits per heavy atom. The second-order valence-electron chi connectivity index (χ2n) is 4.90. The van der Waals surface area contributed by atoms with Crippen LogP contribution >= 0.6 is 33.9 Å². The topological polar surface area (TPSA) is 61.0 Å². The van der Waals surface area contributed by atoms with Crippen LogP contribution in [0.1, 0.15) is 5.56 Å². The largest absolute Gasteiger partial charge is 0.370 e. The monoisotopic (exact) mass is 366 g/mol. The third-order valence-corrected chi connectivity index (χ3v) is 5.68. The molecular formula is C16H14Cl2N3OS+. The van der Waals surface area contributed by atoms with Gasteiger partial charge in [-0.15, -0.1) is 4.37 Å². The number of H-pyrrole nitrogens is 2. The average Bonchev–Trinajstić information content (AvgIpc) is 2.89. The Morgan fingerprint density at radius 2 is 1.83 bits per heavy atom. The molecule has 0 bridgehead atoms. The number of nitrogens with one attached hydrogen (secondary N) is 2. The normalized spacial score (nSPS) is 12.6. The minimum atomic E-state index is -0.445. The van der Waals surface area contributed by atoms with E-state index in [9.17, 15) is 4.79 Å². The molecule has 1 heterocycles. The fraction of sp³-hybridized carbons (Fsp3) is 0.125. The van der Waals surface area contributed by atoms with E-state index < -0.39 is 10.7 Å². The van der Waals surface area contributed by atoms with Gasteiger partial charge >= 0.3 is 10.5 Å². The lowest BCUT2D eigenvalue weighted by atomic mass is 10.2. The van der Waals surface area contributed by atoms with Gasteiger partial charge in [0, 0.05) is 6.42 Å². The summed E-state index contributed by atoms with van der Waals surface area (Å²) in [6, 6.07) is 15.3. The Kier molecular flexibility index (Phi) is 5.00. The zero-order chi connectivity index (χ0) is 16.2. The number of aromatic amines is 2. The van der Waals surface area contributed by atoms with Crippen molar-refractivity contribution >= 4 is 39.6 Å². The van der Waals surface area contributed by atoms with Gasteiger partial charge in [0.25, 0.3) is 0 Å². The molecule has 0 amide bonds. The SMILES string of the molecule is O=c1[nH]c(=Nc2ccc(Cl)c(Cl)c2)[s+](CCc2ccccc2)[nH]1. The third-order valence-electron chi connectivity index (χ3n) is 3.24. The Bertz CT molecular complexity index is 928. The number of halogens is 2. The number of hydrogen-bond acceptors (Lipinski definition) is 2. The van der Waals surface area contributed by atoms with Crippen molar-refractivity contribution in [2.45, 2.75) is 12.2 Å². The highest BCUT2D eigenvalue weighted by atomic mass is 35.5. The fourth-order valence-electron chi connectivity index (χ4n) is 2.11. The van der Waals surface area contributed by atoms with Gasteiger partial charge in [-0.2, -0.15) is 4.99 Å². The molecule has 3 rings (SSSR count). The highest BCUT2D eigenvalue weighted by Gasteiger charge is 2.13. The highest BCUT2D eigenvalue weighted by Crippen LogP contribution is 2.26. The average molecular weight is 367 g/mol. The van der Waals surface area contributed by atoms with Crippen molar-refractivity contribution in [3.05, 3.63) is 79.4 Å². The molecule has 3 aromatic rings. The maximum absolute atomic E-state index is 11.6. The van der Waals surface area contributed by atoms with Crippen LogP contribution in [-0.4, -0.2) is 9.36 Å². The number of nitrogens with zero attached hydrogens (tertiary/aromatic N) is 1. The summed E-state index contributed by atoms with van der Waals surface area (Å²) in [5.74, 6) is 0.795. The minimum Gasteiger partial charge on any atom is -0.244 e. The van der Waals surface area contributed by atoms with Crippen LogP contribution in [0, 0.1) is 0 Å². The molecule has 0 aliphatic carbocycles. The smallest absolute Gasteiger partial charge is 0.244 e. The zero-order valence-corrected chi connectivity index (χ0v) is 14.4. The predicted molar refractivity (Wildman–Crippen MR) is 95.7 cm³/mol. The first-order valence-electron chi connectivity index (χ1n) is 6.98. The van der Waals surface area contributed by atoms with Crippen LogP contribution < -0.4 is 10.5 Å². The number of hydrogen-bond donors (Lipinski definition) is 2. The molecule has 0 saturated carbocycles. The quantitative estimate of drug-likeness (QED) is 0.666. The lowest BCUT2D eigenvalue weighted by Gasteiger charge is -1.96. The lowest BCUT2D eigenvalue weighted by molar-refractivity contribution is 1.07. The molecule has 0 radical (unpaired) electrons. The van der Waals surface area contributed by atoms with E-state index >= 15 is 0 Å². The summed E-state index contributed by atoms with van der Waals surface area (Å²) in [4.78, 5) is 19.5. The van der Waals surface area contributed by atoms with E-state index in [4.69, 9.17) is 23.2 Å². The molecule has 2 N–H and O–H groups in total. The molecule has 118 valence electrons. The summed E-state index contributed by atoms with van der Waals surface area (Å²) in [5, 5.41) is 0.919. The summed E-state index contributed by atoms with van der Waals surface area (Å²) in [5.41, 5.74) is 1.67. The van der Waals surface area contributed by atoms with Crippen LogP contribution in [-0.2, 0) is 12.2 Å². The van der Waals surface area contributed by atoms with Crippen molar-refractivity contribution in [3.8, 4) is 0 Å². The number of aromatic nitrogens is 2. The molecule has 0 saturated heterocycles. The molecular weight excluding hydrogens is 353 g/mol.